The van der Waals surface area contributed by atoms with E-state index in [1.54, 1.807) is 4.68 Å². The van der Waals surface area contributed by atoms with Crippen molar-refractivity contribution in [3.63, 3.8) is 0 Å². The highest BCUT2D eigenvalue weighted by atomic mass is 16.5. The number of hydrogen-bond donors (Lipinski definition) is 1. The Hall–Kier alpha value is -3.67. The maximum atomic E-state index is 12.6. The van der Waals surface area contributed by atoms with Crippen LogP contribution >= 0.6 is 0 Å². The summed E-state index contributed by atoms with van der Waals surface area (Å²) in [7, 11) is 0. The lowest BCUT2D eigenvalue weighted by atomic mass is 10.0. The number of hydrogen-bond acceptors (Lipinski definition) is 4. The summed E-state index contributed by atoms with van der Waals surface area (Å²) in [6.45, 7) is 12.0. The number of pyridine rings is 1. The van der Waals surface area contributed by atoms with Gasteiger partial charge in [-0.1, -0.05) is 17.7 Å². The molecule has 0 spiro atoms. The van der Waals surface area contributed by atoms with Crippen molar-refractivity contribution in [2.45, 2.75) is 41.5 Å². The highest BCUT2D eigenvalue weighted by molar-refractivity contribution is 5.91. The SMILES string of the molecule is Cc1cc(C)cc(OCC(=O)Nc2cc(C)nn2-c2cc(C)c3cc(C)cc(C)c3n2)c1. The van der Waals surface area contributed by atoms with Crippen molar-refractivity contribution in [3.8, 4) is 11.6 Å². The van der Waals surface area contributed by atoms with Gasteiger partial charge in [-0.05, 0) is 88.1 Å². The fraction of sp³-hybridized carbons (Fsp3) is 0.269. The zero-order valence-electron chi connectivity index (χ0n) is 19.4. The quantitative estimate of drug-likeness (QED) is 0.469. The number of rotatable bonds is 5. The fourth-order valence-corrected chi connectivity index (χ4v) is 4.04. The smallest absolute Gasteiger partial charge is 0.263 e. The molecule has 0 aliphatic rings. The van der Waals surface area contributed by atoms with Gasteiger partial charge < -0.3 is 10.1 Å². The van der Waals surface area contributed by atoms with Crippen molar-refractivity contribution in [1.29, 1.82) is 0 Å². The molecule has 0 radical (unpaired) electrons. The molecule has 1 amide bonds. The second-order valence-corrected chi connectivity index (χ2v) is 8.52. The van der Waals surface area contributed by atoms with Crippen LogP contribution in [0, 0.1) is 41.5 Å². The molecule has 2 aromatic carbocycles. The Morgan fingerprint density at radius 3 is 2.28 bits per heavy atom. The van der Waals surface area contributed by atoms with Gasteiger partial charge >= 0.3 is 0 Å². The van der Waals surface area contributed by atoms with E-state index in [0.29, 0.717) is 17.4 Å². The predicted molar refractivity (Wildman–Crippen MR) is 128 cm³/mol. The Morgan fingerprint density at radius 1 is 0.875 bits per heavy atom. The lowest BCUT2D eigenvalue weighted by Gasteiger charge is -2.13. The van der Waals surface area contributed by atoms with E-state index in [4.69, 9.17) is 9.72 Å². The number of ether oxygens (including phenoxy) is 1. The summed E-state index contributed by atoms with van der Waals surface area (Å²) in [4.78, 5) is 17.5. The number of anilines is 1. The summed E-state index contributed by atoms with van der Waals surface area (Å²) in [5.41, 5.74) is 7.35. The van der Waals surface area contributed by atoms with Gasteiger partial charge in [0.2, 0.25) is 0 Å². The van der Waals surface area contributed by atoms with Crippen molar-refractivity contribution >= 4 is 22.6 Å². The lowest BCUT2D eigenvalue weighted by molar-refractivity contribution is -0.118. The predicted octanol–water partition coefficient (Wildman–Crippen LogP) is 5.29. The minimum absolute atomic E-state index is 0.0876. The van der Waals surface area contributed by atoms with E-state index in [9.17, 15) is 4.79 Å². The number of carbonyl (C=O) groups excluding carboxylic acids is 1. The molecule has 0 bridgehead atoms. The van der Waals surface area contributed by atoms with E-state index in [0.717, 1.165) is 38.9 Å². The largest absolute Gasteiger partial charge is 0.484 e. The van der Waals surface area contributed by atoms with Crippen LogP contribution in [0.3, 0.4) is 0 Å². The number of amides is 1. The molecule has 0 aliphatic heterocycles. The van der Waals surface area contributed by atoms with E-state index in [1.807, 2.05) is 45.0 Å². The average Bonchev–Trinajstić information content (AvgIpc) is 3.06. The van der Waals surface area contributed by atoms with Gasteiger partial charge in [0.25, 0.3) is 5.91 Å². The summed E-state index contributed by atoms with van der Waals surface area (Å²) in [6.07, 6.45) is 0. The first-order valence-electron chi connectivity index (χ1n) is 10.7. The zero-order valence-corrected chi connectivity index (χ0v) is 19.4. The molecule has 4 aromatic rings. The molecule has 4 rings (SSSR count). The van der Waals surface area contributed by atoms with Crippen molar-refractivity contribution < 1.29 is 9.53 Å². The average molecular weight is 429 g/mol. The van der Waals surface area contributed by atoms with Crippen LogP contribution in [0.5, 0.6) is 5.75 Å². The van der Waals surface area contributed by atoms with Crippen LogP contribution in [0.1, 0.15) is 33.5 Å². The molecular formula is C26H28N4O2. The van der Waals surface area contributed by atoms with Crippen LogP contribution < -0.4 is 10.1 Å². The van der Waals surface area contributed by atoms with Crippen LogP contribution in [-0.4, -0.2) is 27.3 Å². The number of benzene rings is 2. The fourth-order valence-electron chi connectivity index (χ4n) is 4.04. The van der Waals surface area contributed by atoms with Crippen molar-refractivity contribution in [3.05, 3.63) is 76.0 Å². The number of fused-ring (bicyclic) bond motifs is 1. The van der Waals surface area contributed by atoms with Gasteiger partial charge in [-0.2, -0.15) is 9.78 Å². The van der Waals surface area contributed by atoms with Crippen LogP contribution in [0.15, 0.2) is 42.5 Å². The van der Waals surface area contributed by atoms with Gasteiger partial charge in [0.1, 0.15) is 11.6 Å². The Morgan fingerprint density at radius 2 is 1.56 bits per heavy atom. The van der Waals surface area contributed by atoms with Crippen LogP contribution in [-0.2, 0) is 4.79 Å². The minimum atomic E-state index is -0.255. The highest BCUT2D eigenvalue weighted by Crippen LogP contribution is 2.26. The van der Waals surface area contributed by atoms with E-state index >= 15 is 0 Å². The van der Waals surface area contributed by atoms with E-state index < -0.39 is 0 Å². The molecule has 6 heteroatoms. The van der Waals surface area contributed by atoms with Crippen molar-refractivity contribution in [2.24, 2.45) is 0 Å². The Labute approximate surface area is 188 Å². The van der Waals surface area contributed by atoms with Crippen LogP contribution in [0.25, 0.3) is 16.7 Å². The standard InChI is InChI=1S/C26H28N4O2/c1-15-7-16(2)10-21(9-15)32-14-25(31)27-24-13-20(6)29-30(24)23-12-18(4)22-11-17(3)8-19(5)26(22)28-23/h7-13H,14H2,1-6H3,(H,27,31). The monoisotopic (exact) mass is 428 g/mol. The Balaban J connectivity index is 1.60. The Kier molecular flexibility index (Phi) is 5.70. The molecular weight excluding hydrogens is 400 g/mol. The number of carbonyl (C=O) groups is 1. The van der Waals surface area contributed by atoms with Gasteiger partial charge in [0, 0.05) is 11.5 Å². The van der Waals surface area contributed by atoms with Crippen molar-refractivity contribution in [1.82, 2.24) is 14.8 Å². The topological polar surface area (TPSA) is 69.0 Å². The minimum Gasteiger partial charge on any atom is -0.484 e. The van der Waals surface area contributed by atoms with Crippen molar-refractivity contribution in [2.75, 3.05) is 11.9 Å². The molecule has 32 heavy (non-hydrogen) atoms. The lowest BCUT2D eigenvalue weighted by Crippen LogP contribution is -2.22. The van der Waals surface area contributed by atoms with Crippen LogP contribution in [0.2, 0.25) is 0 Å². The van der Waals surface area contributed by atoms with Gasteiger partial charge in [-0.3, -0.25) is 4.79 Å². The summed E-state index contributed by atoms with van der Waals surface area (Å²) in [5.74, 6) is 1.66. The molecule has 0 saturated heterocycles. The molecule has 0 aliphatic carbocycles. The number of aromatic nitrogens is 3. The second-order valence-electron chi connectivity index (χ2n) is 8.52. The van der Waals surface area contributed by atoms with Gasteiger partial charge in [0.15, 0.2) is 12.4 Å². The third-order valence-corrected chi connectivity index (χ3v) is 5.32. The zero-order chi connectivity index (χ0) is 23.0. The number of nitrogens with zero attached hydrogens (tertiary/aromatic N) is 3. The van der Waals surface area contributed by atoms with Gasteiger partial charge in [-0.15, -0.1) is 0 Å². The summed E-state index contributed by atoms with van der Waals surface area (Å²) in [5, 5.41) is 8.61. The first-order chi connectivity index (χ1) is 15.2. The molecule has 2 aromatic heterocycles. The number of aryl methyl sites for hydroxylation is 6. The number of nitrogens with one attached hydrogen (secondary N) is 1. The Bertz CT molecular complexity index is 1320. The van der Waals surface area contributed by atoms with E-state index in [2.05, 4.69) is 49.4 Å². The third kappa shape index (κ3) is 4.49. The second kappa shape index (κ2) is 8.46. The summed E-state index contributed by atoms with van der Waals surface area (Å²) >= 11 is 0. The molecule has 0 atom stereocenters. The summed E-state index contributed by atoms with van der Waals surface area (Å²) in [6, 6.07) is 14.0. The maximum Gasteiger partial charge on any atom is 0.263 e. The first-order valence-corrected chi connectivity index (χ1v) is 10.7. The molecule has 2 heterocycles. The van der Waals surface area contributed by atoms with E-state index in [1.165, 1.54) is 5.56 Å². The molecule has 0 saturated carbocycles. The normalized spacial score (nSPS) is 11.1. The first kappa shape index (κ1) is 21.6. The molecule has 164 valence electrons. The molecule has 1 N–H and O–H groups in total. The third-order valence-electron chi connectivity index (χ3n) is 5.32. The molecule has 0 unspecified atom stereocenters. The van der Waals surface area contributed by atoms with E-state index in [-0.39, 0.29) is 12.5 Å². The molecule has 0 fully saturated rings. The highest BCUT2D eigenvalue weighted by Gasteiger charge is 2.15. The summed E-state index contributed by atoms with van der Waals surface area (Å²) < 4.78 is 7.38. The maximum absolute atomic E-state index is 12.6. The van der Waals surface area contributed by atoms with Crippen LogP contribution in [0.4, 0.5) is 5.82 Å². The van der Waals surface area contributed by atoms with Gasteiger partial charge in [0.05, 0.1) is 11.2 Å². The van der Waals surface area contributed by atoms with Gasteiger partial charge in [-0.25, -0.2) is 4.98 Å². The molecule has 6 nitrogen and oxygen atoms in total.